The molecule has 156 valence electrons. The van der Waals surface area contributed by atoms with Crippen LogP contribution < -0.4 is 9.88 Å². The van der Waals surface area contributed by atoms with Gasteiger partial charge in [0.2, 0.25) is 16.6 Å². The van der Waals surface area contributed by atoms with Gasteiger partial charge in [-0.15, -0.1) is 0 Å². The minimum atomic E-state index is -3.54. The molecule has 0 aliphatic carbocycles. The molecule has 0 saturated carbocycles. The predicted octanol–water partition coefficient (Wildman–Crippen LogP) is 3.05. The van der Waals surface area contributed by atoms with Gasteiger partial charge in [0.1, 0.15) is 0 Å². The van der Waals surface area contributed by atoms with Crippen LogP contribution in [0.25, 0.3) is 0 Å². The Morgan fingerprint density at radius 3 is 2.45 bits per heavy atom. The van der Waals surface area contributed by atoms with E-state index in [9.17, 15) is 13.2 Å². The first-order valence-corrected chi connectivity index (χ1v) is 11.7. The molecule has 1 fully saturated rings. The maximum Gasteiger partial charge on any atom is 0.290 e. The van der Waals surface area contributed by atoms with Crippen molar-refractivity contribution in [3.8, 4) is 0 Å². The van der Waals surface area contributed by atoms with Crippen LogP contribution in [0.1, 0.15) is 43.7 Å². The summed E-state index contributed by atoms with van der Waals surface area (Å²) in [7, 11) is -3.54. The molecule has 0 radical (unpaired) electrons. The number of hydrogen-bond acceptors (Lipinski definition) is 3. The van der Waals surface area contributed by atoms with Gasteiger partial charge in [-0.05, 0) is 49.4 Å². The van der Waals surface area contributed by atoms with E-state index in [1.807, 2.05) is 29.1 Å². The van der Waals surface area contributed by atoms with Crippen molar-refractivity contribution >= 4 is 21.6 Å². The van der Waals surface area contributed by atoms with Gasteiger partial charge < -0.3 is 5.32 Å². The normalized spacial score (nSPS) is 15.2. The molecule has 2 aromatic rings. The molecule has 1 amide bonds. The summed E-state index contributed by atoms with van der Waals surface area (Å²) in [5.41, 5.74) is 2.43. The molecule has 0 unspecified atom stereocenters. The summed E-state index contributed by atoms with van der Waals surface area (Å²) in [6.45, 7) is 5.21. The van der Waals surface area contributed by atoms with Crippen molar-refractivity contribution in [3.63, 3.8) is 0 Å². The van der Waals surface area contributed by atoms with Crippen LogP contribution in [-0.2, 0) is 27.8 Å². The molecule has 29 heavy (non-hydrogen) atoms. The average molecular weight is 417 g/mol. The van der Waals surface area contributed by atoms with Crippen LogP contribution in [0, 0.1) is 6.92 Å². The van der Waals surface area contributed by atoms with Crippen LogP contribution in [0.2, 0.25) is 0 Å². The number of aromatic nitrogens is 1. The number of piperidine rings is 1. The Balaban J connectivity index is 1.71. The lowest BCUT2D eigenvalue weighted by molar-refractivity contribution is -0.684. The fourth-order valence-electron chi connectivity index (χ4n) is 3.62. The smallest absolute Gasteiger partial charge is 0.290 e. The van der Waals surface area contributed by atoms with E-state index in [0.717, 1.165) is 32.1 Å². The first kappa shape index (κ1) is 21.5. The van der Waals surface area contributed by atoms with E-state index in [-0.39, 0.29) is 17.3 Å². The zero-order valence-corrected chi connectivity index (χ0v) is 18.0. The van der Waals surface area contributed by atoms with Crippen LogP contribution in [-0.4, -0.2) is 31.7 Å². The van der Waals surface area contributed by atoms with Gasteiger partial charge in [0, 0.05) is 30.9 Å². The Kier molecular flexibility index (Phi) is 7.03. The molecule has 1 aliphatic heterocycles. The number of benzene rings is 1. The Labute approximate surface area is 173 Å². The molecule has 2 heterocycles. The molecular formula is C22H30N3O3S+. The zero-order valence-electron chi connectivity index (χ0n) is 17.2. The van der Waals surface area contributed by atoms with E-state index in [4.69, 9.17) is 0 Å². The van der Waals surface area contributed by atoms with Gasteiger partial charge in [-0.25, -0.2) is 8.42 Å². The second-order valence-electron chi connectivity index (χ2n) is 7.62. The van der Waals surface area contributed by atoms with Crippen molar-refractivity contribution in [3.05, 3.63) is 53.9 Å². The monoisotopic (exact) mass is 416 g/mol. The molecule has 0 spiro atoms. The van der Waals surface area contributed by atoms with Gasteiger partial charge in [-0.3, -0.25) is 4.79 Å². The Morgan fingerprint density at radius 1 is 1.10 bits per heavy atom. The number of hydrogen-bond donors (Lipinski definition) is 1. The molecular weight excluding hydrogens is 386 g/mol. The van der Waals surface area contributed by atoms with Crippen LogP contribution in [0.3, 0.4) is 0 Å². The quantitative estimate of drug-likeness (QED) is 0.705. The van der Waals surface area contributed by atoms with E-state index in [1.165, 1.54) is 5.56 Å². The SMILES string of the molecule is CCCc1cc[n+](CC(=O)Nc2ccc(C)c(S(=O)(=O)N3CCCCC3)c2)cc1. The zero-order chi connectivity index (χ0) is 20.9. The van der Waals surface area contributed by atoms with E-state index < -0.39 is 10.0 Å². The molecule has 7 heteroatoms. The maximum atomic E-state index is 13.0. The van der Waals surface area contributed by atoms with Crippen LogP contribution in [0.4, 0.5) is 5.69 Å². The molecule has 1 aromatic carbocycles. The number of rotatable bonds is 7. The van der Waals surface area contributed by atoms with Gasteiger partial charge in [0.05, 0.1) is 4.90 Å². The van der Waals surface area contributed by atoms with Crippen molar-refractivity contribution in [2.75, 3.05) is 18.4 Å². The number of nitrogens with one attached hydrogen (secondary N) is 1. The summed E-state index contributed by atoms with van der Waals surface area (Å²) in [6, 6.07) is 9.11. The summed E-state index contributed by atoms with van der Waals surface area (Å²) in [6.07, 6.45) is 8.74. The third-order valence-corrected chi connectivity index (χ3v) is 7.27. The molecule has 6 nitrogen and oxygen atoms in total. The lowest BCUT2D eigenvalue weighted by atomic mass is 10.1. The van der Waals surface area contributed by atoms with Crippen LogP contribution in [0.5, 0.6) is 0 Å². The Morgan fingerprint density at radius 2 is 1.79 bits per heavy atom. The van der Waals surface area contributed by atoms with Crippen molar-refractivity contribution in [1.82, 2.24) is 4.31 Å². The number of carbonyl (C=O) groups is 1. The summed E-state index contributed by atoms with van der Waals surface area (Å²) < 4.78 is 29.4. The summed E-state index contributed by atoms with van der Waals surface area (Å²) in [5.74, 6) is -0.191. The number of nitrogens with zero attached hydrogens (tertiary/aromatic N) is 2. The number of carbonyl (C=O) groups excluding carboxylic acids is 1. The van der Waals surface area contributed by atoms with E-state index in [0.29, 0.717) is 24.3 Å². The second-order valence-corrected chi connectivity index (χ2v) is 9.53. The first-order valence-electron chi connectivity index (χ1n) is 10.3. The van der Waals surface area contributed by atoms with Crippen molar-refractivity contribution in [2.45, 2.75) is 57.4 Å². The summed E-state index contributed by atoms with van der Waals surface area (Å²) in [4.78, 5) is 12.7. The molecule has 0 bridgehead atoms. The topological polar surface area (TPSA) is 70.4 Å². The minimum Gasteiger partial charge on any atom is -0.321 e. The summed E-state index contributed by atoms with van der Waals surface area (Å²) >= 11 is 0. The lowest BCUT2D eigenvalue weighted by Gasteiger charge is -2.26. The highest BCUT2D eigenvalue weighted by atomic mass is 32.2. The third-order valence-electron chi connectivity index (χ3n) is 5.23. The molecule has 1 N–H and O–H groups in total. The number of aryl methyl sites for hydroxylation is 2. The fraction of sp³-hybridized carbons (Fsp3) is 0.455. The van der Waals surface area contributed by atoms with Gasteiger partial charge in [-0.1, -0.05) is 25.8 Å². The van der Waals surface area contributed by atoms with E-state index in [1.54, 1.807) is 29.4 Å². The molecule has 1 aromatic heterocycles. The Hall–Kier alpha value is -2.25. The largest absolute Gasteiger partial charge is 0.321 e. The number of sulfonamides is 1. The third kappa shape index (κ3) is 5.42. The highest BCUT2D eigenvalue weighted by Crippen LogP contribution is 2.26. The van der Waals surface area contributed by atoms with Crippen molar-refractivity contribution < 1.29 is 17.8 Å². The lowest BCUT2D eigenvalue weighted by Crippen LogP contribution is -2.39. The highest BCUT2D eigenvalue weighted by Gasteiger charge is 2.27. The maximum absolute atomic E-state index is 13.0. The molecule has 3 rings (SSSR count). The summed E-state index contributed by atoms with van der Waals surface area (Å²) in [5, 5.41) is 2.83. The van der Waals surface area contributed by atoms with Crippen LogP contribution >= 0.6 is 0 Å². The van der Waals surface area contributed by atoms with E-state index in [2.05, 4.69) is 12.2 Å². The average Bonchev–Trinajstić information content (AvgIpc) is 2.71. The molecule has 0 atom stereocenters. The first-order chi connectivity index (χ1) is 13.9. The van der Waals surface area contributed by atoms with Crippen LogP contribution in [0.15, 0.2) is 47.6 Å². The number of amides is 1. The standard InChI is InChI=1S/C22H29N3O3S/c1-3-7-19-10-14-24(15-11-19)17-22(26)23-20-9-8-18(2)21(16-20)29(27,28)25-12-5-4-6-13-25/h8-11,14-16H,3-7,12-13,17H2,1-2H3/p+1. The highest BCUT2D eigenvalue weighted by molar-refractivity contribution is 7.89. The molecule has 1 aliphatic rings. The van der Waals surface area contributed by atoms with Gasteiger partial charge in [0.15, 0.2) is 12.4 Å². The number of anilines is 1. The van der Waals surface area contributed by atoms with E-state index >= 15 is 0 Å². The second kappa shape index (κ2) is 9.50. The minimum absolute atomic E-state index is 0.175. The Bertz CT molecular complexity index is 950. The van der Waals surface area contributed by atoms with Gasteiger partial charge in [0.25, 0.3) is 5.91 Å². The number of pyridine rings is 1. The van der Waals surface area contributed by atoms with Gasteiger partial charge in [-0.2, -0.15) is 8.87 Å². The van der Waals surface area contributed by atoms with Crippen molar-refractivity contribution in [1.29, 1.82) is 0 Å². The molecule has 1 saturated heterocycles. The fourth-order valence-corrected chi connectivity index (χ4v) is 5.38. The predicted molar refractivity (Wildman–Crippen MR) is 113 cm³/mol. The van der Waals surface area contributed by atoms with Gasteiger partial charge >= 0.3 is 0 Å². The van der Waals surface area contributed by atoms with Crippen molar-refractivity contribution in [2.24, 2.45) is 0 Å².